The molecule has 0 bridgehead atoms. The summed E-state index contributed by atoms with van der Waals surface area (Å²) in [6, 6.07) is 26.4. The van der Waals surface area contributed by atoms with E-state index in [2.05, 4.69) is 10.6 Å². The molecule has 0 aromatic heterocycles. The van der Waals surface area contributed by atoms with Gasteiger partial charge in [-0.1, -0.05) is 72.1 Å². The van der Waals surface area contributed by atoms with E-state index in [1.54, 1.807) is 72.8 Å². The molecule has 4 aromatic rings. The zero-order chi connectivity index (χ0) is 38.8. The summed E-state index contributed by atoms with van der Waals surface area (Å²) in [6.07, 6.45) is 1.31. The van der Waals surface area contributed by atoms with Crippen LogP contribution in [0, 0.1) is 0 Å². The van der Waals surface area contributed by atoms with Gasteiger partial charge in [-0.15, -0.1) is 0 Å². The van der Waals surface area contributed by atoms with Crippen LogP contribution in [-0.4, -0.2) is 56.8 Å². The number of aliphatic carboxylic acids is 2. The quantitative estimate of drug-likeness (QED) is 0.0885. The molecule has 14 nitrogen and oxygen atoms in total. The van der Waals surface area contributed by atoms with Crippen LogP contribution in [0.2, 0.25) is 0 Å². The molecule has 6 N–H and O–H groups in total. The minimum absolute atomic E-state index is 0. The van der Waals surface area contributed by atoms with Crippen molar-refractivity contribution in [2.24, 2.45) is 11.5 Å². The minimum Gasteiger partial charge on any atom is -0.548 e. The number of hydrogen-bond acceptors (Lipinski definition) is 14. The van der Waals surface area contributed by atoms with Crippen LogP contribution in [0.15, 0.2) is 97.1 Å². The van der Waals surface area contributed by atoms with Crippen molar-refractivity contribution in [2.75, 3.05) is 0 Å². The Morgan fingerprint density at radius 3 is 1.04 bits per heavy atom. The van der Waals surface area contributed by atoms with Crippen molar-refractivity contribution in [3.05, 3.63) is 119 Å². The molecule has 0 radical (unpaired) electrons. The van der Waals surface area contributed by atoms with Gasteiger partial charge in [0.15, 0.2) is 0 Å². The van der Waals surface area contributed by atoms with Crippen LogP contribution >= 0.6 is 23.5 Å². The van der Waals surface area contributed by atoms with Crippen LogP contribution in [0.25, 0.3) is 0 Å². The molecule has 4 aromatic carbocycles. The first kappa shape index (κ1) is 48.0. The first-order valence-corrected chi connectivity index (χ1v) is 18.2. The molecule has 2 aliphatic rings. The maximum absolute atomic E-state index is 11.6. The number of carbonyl (C=O) groups excluding carboxylic acids is 6. The van der Waals surface area contributed by atoms with Crippen LogP contribution < -0.4 is 145 Å². The Labute approximate surface area is 415 Å². The second kappa shape index (κ2) is 23.3. The summed E-state index contributed by atoms with van der Waals surface area (Å²) >= 11 is 2.00. The molecule has 18 heteroatoms. The number of rotatable bonds is 14. The Balaban J connectivity index is 0.000000290. The van der Waals surface area contributed by atoms with Gasteiger partial charge in [0.1, 0.15) is 23.0 Å². The fraction of sp³-hybridized carbons (Fsp3) is 0.211. The van der Waals surface area contributed by atoms with Crippen molar-refractivity contribution in [3.63, 3.8) is 0 Å². The Kier molecular flexibility index (Phi) is 19.9. The topological polar surface area (TPSA) is 243 Å². The van der Waals surface area contributed by atoms with Gasteiger partial charge in [0.2, 0.25) is 11.8 Å². The Bertz CT molecular complexity index is 1860. The monoisotopic (exact) mass is 848 g/mol. The third-order valence-electron chi connectivity index (χ3n) is 8.06. The average molecular weight is 849 g/mol. The van der Waals surface area contributed by atoms with E-state index >= 15 is 0 Å². The molecular formula is C38H34K2N4O10S2. The van der Waals surface area contributed by atoms with Crippen LogP contribution in [0.3, 0.4) is 0 Å². The maximum Gasteiger partial charge on any atom is 1.00 e. The zero-order valence-electron chi connectivity index (χ0n) is 30.4. The summed E-state index contributed by atoms with van der Waals surface area (Å²) in [5, 5.41) is 24.5. The first-order valence-electron chi connectivity index (χ1n) is 16.5. The number of imide groups is 2. The third kappa shape index (κ3) is 15.1. The van der Waals surface area contributed by atoms with Crippen molar-refractivity contribution < 1.29 is 151 Å². The number of benzene rings is 4. The van der Waals surface area contributed by atoms with Crippen molar-refractivity contribution in [3.8, 4) is 23.0 Å². The molecule has 0 saturated carbocycles. The molecule has 4 atom stereocenters. The van der Waals surface area contributed by atoms with Gasteiger partial charge in [-0.05, 0) is 96.5 Å². The molecule has 56 heavy (non-hydrogen) atoms. The molecule has 2 aliphatic heterocycles. The third-order valence-corrected chi connectivity index (χ3v) is 10.0. The SMILES string of the molecule is NC(Cc1ccc(Oc2ccc(C[C@@H]3SC(=O)NC3=O)cc2)cc1)C(=O)[O-].NC(Cc1ccc(Oc2ccc(C[C@@H]3SC(=O)NC3=O)cc2)cc1)C(=O)[O-].[K+].[K+]. The normalized spacial score (nSPS) is 16.8. The van der Waals surface area contributed by atoms with Gasteiger partial charge < -0.3 is 40.7 Å². The van der Waals surface area contributed by atoms with E-state index in [0.29, 0.717) is 35.8 Å². The molecule has 280 valence electrons. The number of amides is 4. The van der Waals surface area contributed by atoms with E-state index in [4.69, 9.17) is 20.9 Å². The number of nitrogens with one attached hydrogen (secondary N) is 2. The molecule has 2 saturated heterocycles. The largest absolute Gasteiger partial charge is 1.00 e. The smallest absolute Gasteiger partial charge is 0.548 e. The van der Waals surface area contributed by atoms with Gasteiger partial charge >= 0.3 is 103 Å². The predicted octanol–water partition coefficient (Wildman–Crippen LogP) is -4.01. The van der Waals surface area contributed by atoms with Gasteiger partial charge in [0.25, 0.3) is 10.5 Å². The molecule has 0 spiro atoms. The average Bonchev–Trinajstić information content (AvgIpc) is 3.64. The number of carboxylic acid groups (broad SMARTS) is 2. The zero-order valence-corrected chi connectivity index (χ0v) is 38.3. The summed E-state index contributed by atoms with van der Waals surface area (Å²) < 4.78 is 11.5. The van der Waals surface area contributed by atoms with Crippen LogP contribution in [-0.2, 0) is 44.9 Å². The molecule has 2 heterocycles. The summed E-state index contributed by atoms with van der Waals surface area (Å²) in [5.41, 5.74) is 14.3. The van der Waals surface area contributed by atoms with Gasteiger partial charge in [0.05, 0.1) is 22.4 Å². The number of nitrogens with two attached hydrogens (primary N) is 2. The second-order valence-corrected chi connectivity index (χ2v) is 14.6. The van der Waals surface area contributed by atoms with Gasteiger partial charge in [-0.25, -0.2) is 0 Å². The molecule has 2 fully saturated rings. The predicted molar refractivity (Wildman–Crippen MR) is 197 cm³/mol. The number of hydrogen-bond donors (Lipinski definition) is 4. The minimum atomic E-state index is -1.28. The molecular weight excluding hydrogens is 815 g/mol. The Morgan fingerprint density at radius 2 is 0.804 bits per heavy atom. The van der Waals surface area contributed by atoms with Crippen molar-refractivity contribution in [2.45, 2.75) is 48.3 Å². The van der Waals surface area contributed by atoms with E-state index in [0.717, 1.165) is 45.8 Å². The number of thioether (sulfide) groups is 2. The van der Waals surface area contributed by atoms with Gasteiger partial charge in [-0.2, -0.15) is 0 Å². The Hall–Kier alpha value is -2.41. The van der Waals surface area contributed by atoms with Gasteiger partial charge in [-0.3, -0.25) is 29.8 Å². The maximum atomic E-state index is 11.6. The number of carboxylic acids is 2. The molecule has 6 rings (SSSR count). The summed E-state index contributed by atoms with van der Waals surface area (Å²) in [4.78, 5) is 67.0. The van der Waals surface area contributed by atoms with Crippen molar-refractivity contribution >= 4 is 57.8 Å². The number of carbonyl (C=O) groups is 6. The standard InChI is InChI=1S/2C19H18N2O5S.2K/c2*20-15(18(23)24)9-11-1-5-13(6-2-11)26-14-7-3-12(4-8-14)10-16-17(22)21-19(25)27-16;;/h2*1-8,15-16H,9-10,20H2,(H,23,24)(H,21,22,25);;/q;;2*+1/p-2/t2*15?,16-;;/m00../s1. The van der Waals surface area contributed by atoms with Crippen molar-refractivity contribution in [1.29, 1.82) is 0 Å². The Morgan fingerprint density at radius 1 is 0.536 bits per heavy atom. The fourth-order valence-electron chi connectivity index (χ4n) is 5.20. The van der Waals surface area contributed by atoms with E-state index in [9.17, 15) is 39.0 Å². The molecule has 4 amide bonds. The van der Waals surface area contributed by atoms with Crippen molar-refractivity contribution in [1.82, 2.24) is 10.6 Å². The van der Waals surface area contributed by atoms with Gasteiger partial charge in [0, 0.05) is 12.1 Å². The van der Waals surface area contributed by atoms with Crippen LogP contribution in [0.5, 0.6) is 23.0 Å². The first-order chi connectivity index (χ1) is 25.8. The molecule has 0 aliphatic carbocycles. The van der Waals surface area contributed by atoms with E-state index < -0.39 is 34.5 Å². The second-order valence-electron chi connectivity index (χ2n) is 12.2. The summed E-state index contributed by atoms with van der Waals surface area (Å²) in [7, 11) is 0. The van der Waals surface area contributed by atoms with E-state index in [1.807, 2.05) is 24.3 Å². The fourth-order valence-corrected chi connectivity index (χ4v) is 6.92. The van der Waals surface area contributed by atoms with E-state index in [-0.39, 0.29) is 138 Å². The van der Waals surface area contributed by atoms with Crippen LogP contribution in [0.1, 0.15) is 22.3 Å². The summed E-state index contributed by atoms with van der Waals surface area (Å²) in [5.74, 6) is -0.640. The number of ether oxygens (including phenoxy) is 2. The van der Waals surface area contributed by atoms with Crippen LogP contribution in [0.4, 0.5) is 9.59 Å². The molecule has 2 unspecified atom stereocenters. The van der Waals surface area contributed by atoms with E-state index in [1.165, 1.54) is 0 Å². The summed E-state index contributed by atoms with van der Waals surface area (Å²) in [6.45, 7) is 0.